The highest BCUT2D eigenvalue weighted by atomic mass is 16.7. The fraction of sp³-hybridized carbons (Fsp3) is 0.769. The molecule has 1 saturated heterocycles. The van der Waals surface area contributed by atoms with Gasteiger partial charge >= 0.3 is 11.6 Å². The van der Waals surface area contributed by atoms with Crippen molar-refractivity contribution in [3.63, 3.8) is 0 Å². The minimum Gasteiger partial charge on any atom is -0.459 e. The first-order valence-corrected chi connectivity index (χ1v) is 12.4. The third kappa shape index (κ3) is 2.62. The van der Waals surface area contributed by atoms with Crippen LogP contribution in [0.25, 0.3) is 0 Å². The number of aliphatic hydroxyl groups is 2. The van der Waals surface area contributed by atoms with Crippen LogP contribution in [0, 0.1) is 22.7 Å². The number of aliphatic hydroxyl groups excluding tert-OH is 1. The maximum absolute atomic E-state index is 12.1. The maximum Gasteiger partial charge on any atom is 0.335 e. The first-order valence-electron chi connectivity index (χ1n) is 12.4. The number of hydrogen-bond acceptors (Lipinski definition) is 7. The van der Waals surface area contributed by atoms with E-state index >= 15 is 0 Å². The first kappa shape index (κ1) is 21.8. The average molecular weight is 459 g/mol. The van der Waals surface area contributed by atoms with Gasteiger partial charge in [-0.1, -0.05) is 13.8 Å². The predicted octanol–water partition coefficient (Wildman–Crippen LogP) is 2.91. The Bertz CT molecular complexity index is 1030. The molecule has 0 amide bonds. The summed E-state index contributed by atoms with van der Waals surface area (Å²) in [5, 5.41) is 22.0. The van der Waals surface area contributed by atoms with E-state index in [0.29, 0.717) is 12.8 Å². The molecule has 1 aromatic rings. The Labute approximate surface area is 193 Å². The minimum atomic E-state index is -0.850. The van der Waals surface area contributed by atoms with Gasteiger partial charge in [-0.15, -0.1) is 0 Å². The lowest BCUT2D eigenvalue weighted by molar-refractivity contribution is -0.224. The Hall–Kier alpha value is -1.70. The summed E-state index contributed by atoms with van der Waals surface area (Å²) < 4.78 is 17.7. The van der Waals surface area contributed by atoms with Gasteiger partial charge in [0.1, 0.15) is 17.8 Å². The van der Waals surface area contributed by atoms with E-state index in [0.717, 1.165) is 37.7 Å². The molecule has 4 saturated carbocycles. The van der Waals surface area contributed by atoms with Crippen LogP contribution >= 0.6 is 0 Å². The van der Waals surface area contributed by atoms with Gasteiger partial charge < -0.3 is 24.1 Å². The summed E-state index contributed by atoms with van der Waals surface area (Å²) >= 11 is 0. The molecule has 1 aromatic heterocycles. The van der Waals surface area contributed by atoms with Crippen LogP contribution in [0.5, 0.6) is 0 Å². The number of esters is 1. The Morgan fingerprint density at radius 3 is 2.52 bits per heavy atom. The van der Waals surface area contributed by atoms with E-state index in [1.807, 2.05) is 0 Å². The maximum atomic E-state index is 12.1. The largest absolute Gasteiger partial charge is 0.459 e. The summed E-state index contributed by atoms with van der Waals surface area (Å²) in [5.41, 5.74) is -1.34. The van der Waals surface area contributed by atoms with E-state index < -0.39 is 29.0 Å². The van der Waals surface area contributed by atoms with Crippen molar-refractivity contribution in [3.8, 4) is 0 Å². The summed E-state index contributed by atoms with van der Waals surface area (Å²) in [6.07, 6.45) is 5.74. The molecule has 7 heteroatoms. The SMILES string of the molecule is CC(=O)O[C@H]1[C@H]2OC23[C@@H]2CC[C@]4(O)C[C@@H](O)CC[C@]4(C)[C@H]2CC[C@]3(C)[C@H]1c1ccc(=O)oc1. The van der Waals surface area contributed by atoms with Crippen molar-refractivity contribution in [2.75, 3.05) is 0 Å². The molecule has 2 N–H and O–H groups in total. The molecule has 10 atom stereocenters. The van der Waals surface area contributed by atoms with Crippen molar-refractivity contribution in [2.24, 2.45) is 22.7 Å². The molecule has 6 rings (SSSR count). The van der Waals surface area contributed by atoms with Gasteiger partial charge in [0.15, 0.2) is 0 Å². The van der Waals surface area contributed by atoms with Crippen LogP contribution in [0.1, 0.15) is 77.2 Å². The lowest BCUT2D eigenvalue weighted by atomic mass is 9.42. The highest BCUT2D eigenvalue weighted by Gasteiger charge is 2.85. The lowest BCUT2D eigenvalue weighted by Gasteiger charge is -2.63. The smallest absolute Gasteiger partial charge is 0.335 e. The van der Waals surface area contributed by atoms with Crippen molar-refractivity contribution in [2.45, 2.75) is 101 Å². The van der Waals surface area contributed by atoms with Crippen LogP contribution in [0.3, 0.4) is 0 Å². The molecule has 5 fully saturated rings. The molecular formula is C26H34O7. The number of carbonyl (C=O) groups is 1. The van der Waals surface area contributed by atoms with E-state index in [9.17, 15) is 19.8 Å². The van der Waals surface area contributed by atoms with Crippen molar-refractivity contribution in [3.05, 3.63) is 34.4 Å². The number of carbonyl (C=O) groups excluding carboxylic acids is 1. The van der Waals surface area contributed by atoms with E-state index in [1.165, 1.54) is 19.3 Å². The number of ether oxygens (including phenoxy) is 2. The second kappa shape index (κ2) is 6.70. The molecule has 1 spiro atoms. The first-order chi connectivity index (χ1) is 15.6. The third-order valence-corrected chi connectivity index (χ3v) is 10.6. The van der Waals surface area contributed by atoms with E-state index in [4.69, 9.17) is 13.9 Å². The van der Waals surface area contributed by atoms with Crippen molar-refractivity contribution in [1.82, 2.24) is 0 Å². The van der Waals surface area contributed by atoms with Crippen LogP contribution in [-0.4, -0.2) is 45.7 Å². The molecule has 1 unspecified atom stereocenters. The van der Waals surface area contributed by atoms with Crippen molar-refractivity contribution < 1.29 is 28.9 Å². The van der Waals surface area contributed by atoms with Crippen LogP contribution in [-0.2, 0) is 14.3 Å². The van der Waals surface area contributed by atoms with Gasteiger partial charge in [0.25, 0.3) is 0 Å². The highest BCUT2D eigenvalue weighted by molar-refractivity contribution is 5.66. The topological polar surface area (TPSA) is 110 Å². The summed E-state index contributed by atoms with van der Waals surface area (Å²) in [6, 6.07) is 3.23. The predicted molar refractivity (Wildman–Crippen MR) is 117 cm³/mol. The zero-order valence-corrected chi connectivity index (χ0v) is 19.6. The van der Waals surface area contributed by atoms with Crippen LogP contribution in [0.15, 0.2) is 27.6 Å². The molecule has 5 aliphatic rings. The van der Waals surface area contributed by atoms with Gasteiger partial charge in [-0.2, -0.15) is 0 Å². The molecular weight excluding hydrogens is 424 g/mol. The number of rotatable bonds is 2. The summed E-state index contributed by atoms with van der Waals surface area (Å²) in [6.45, 7) is 5.89. The highest BCUT2D eigenvalue weighted by Crippen LogP contribution is 2.78. The summed E-state index contributed by atoms with van der Waals surface area (Å²) in [4.78, 5) is 23.7. The normalized spacial score (nSPS) is 52.2. The lowest BCUT2D eigenvalue weighted by Crippen LogP contribution is -2.65. The summed E-state index contributed by atoms with van der Waals surface area (Å²) in [5.74, 6) is 0.0816. The molecule has 1 aliphatic heterocycles. The van der Waals surface area contributed by atoms with Crippen molar-refractivity contribution >= 4 is 5.97 Å². The molecule has 4 aliphatic carbocycles. The molecule has 33 heavy (non-hydrogen) atoms. The van der Waals surface area contributed by atoms with E-state index in [2.05, 4.69) is 13.8 Å². The standard InChI is InChI=1S/C26H34O7/c1-14(27)32-21-20(15-4-5-19(29)31-13-15)24(3)10-7-17-18(26(24)22(21)33-26)8-11-25(30)12-16(28)6-9-23(17,25)2/h4-5,13,16-18,20-22,28,30H,6-12H2,1-3H3/t16-,17-,18+,20-,21+,22+,23+,24+,25-,26?/m0/s1. The Balaban J connectivity index is 1.42. The van der Waals surface area contributed by atoms with E-state index in [1.54, 1.807) is 6.07 Å². The Kier molecular flexibility index (Phi) is 4.43. The fourth-order valence-electron chi connectivity index (χ4n) is 9.10. The molecule has 2 heterocycles. The number of hydrogen-bond donors (Lipinski definition) is 2. The zero-order chi connectivity index (χ0) is 23.4. The van der Waals surface area contributed by atoms with Crippen LogP contribution < -0.4 is 5.63 Å². The molecule has 0 aromatic carbocycles. The van der Waals surface area contributed by atoms with Gasteiger partial charge in [0.2, 0.25) is 0 Å². The second-order valence-corrected chi connectivity index (χ2v) is 11.8. The van der Waals surface area contributed by atoms with Crippen LogP contribution in [0.2, 0.25) is 0 Å². The van der Waals surface area contributed by atoms with Gasteiger partial charge in [0.05, 0.1) is 18.0 Å². The van der Waals surface area contributed by atoms with Crippen molar-refractivity contribution in [1.29, 1.82) is 0 Å². The quantitative estimate of drug-likeness (QED) is 0.518. The Morgan fingerprint density at radius 1 is 1.09 bits per heavy atom. The van der Waals surface area contributed by atoms with Gasteiger partial charge in [-0.05, 0) is 67.4 Å². The second-order valence-electron chi connectivity index (χ2n) is 11.8. The van der Waals surface area contributed by atoms with Gasteiger partial charge in [-0.3, -0.25) is 4.79 Å². The number of epoxide rings is 1. The third-order valence-electron chi connectivity index (χ3n) is 10.6. The molecule has 0 bridgehead atoms. The van der Waals surface area contributed by atoms with Gasteiger partial charge in [0, 0.05) is 30.7 Å². The van der Waals surface area contributed by atoms with Crippen LogP contribution in [0.4, 0.5) is 0 Å². The fourth-order valence-corrected chi connectivity index (χ4v) is 9.10. The molecule has 180 valence electrons. The summed E-state index contributed by atoms with van der Waals surface area (Å²) in [7, 11) is 0. The minimum absolute atomic E-state index is 0.118. The van der Waals surface area contributed by atoms with Gasteiger partial charge in [-0.25, -0.2) is 4.79 Å². The Morgan fingerprint density at radius 2 is 1.82 bits per heavy atom. The zero-order valence-electron chi connectivity index (χ0n) is 19.6. The van der Waals surface area contributed by atoms with E-state index in [-0.39, 0.29) is 40.7 Å². The number of fused-ring (bicyclic) bond motifs is 3. The molecule has 7 nitrogen and oxygen atoms in total. The molecule has 0 radical (unpaired) electrons. The monoisotopic (exact) mass is 458 g/mol. The average Bonchev–Trinajstić information content (AvgIpc) is 3.45.